The molecule has 3 aliphatic rings. The van der Waals surface area contributed by atoms with Gasteiger partial charge < -0.3 is 14.7 Å². The van der Waals surface area contributed by atoms with Crippen molar-refractivity contribution in [3.05, 3.63) is 170 Å². The van der Waals surface area contributed by atoms with Crippen molar-refractivity contribution in [3.8, 4) is 0 Å². The Kier molecular flexibility index (Phi) is 6.15. The van der Waals surface area contributed by atoms with Crippen LogP contribution in [0.1, 0.15) is 0 Å². The topological polar surface area (TPSA) is 9.72 Å². The van der Waals surface area contributed by atoms with Gasteiger partial charge in [-0.25, -0.2) is 0 Å². The number of nitrogens with zero attached hydrogens (tertiary/aromatic N) is 3. The summed E-state index contributed by atoms with van der Waals surface area (Å²) in [4.78, 5) is 9.91. The molecule has 3 nitrogen and oxygen atoms in total. The molecule has 3 aliphatic heterocycles. The van der Waals surface area contributed by atoms with Gasteiger partial charge in [0, 0.05) is 58.8 Å². The van der Waals surface area contributed by atoms with Gasteiger partial charge in [0.05, 0.1) is 17.1 Å². The number of rotatable bonds is 2. The third-order valence-corrected chi connectivity index (χ3v) is 12.6. The fraction of sp³-hybridized carbons (Fsp3) is 0. The van der Waals surface area contributed by atoms with Crippen LogP contribution < -0.4 is 30.4 Å². The van der Waals surface area contributed by atoms with E-state index in [-0.39, 0.29) is 6.71 Å². The first kappa shape index (κ1) is 28.2. The van der Waals surface area contributed by atoms with Crippen molar-refractivity contribution in [2.75, 3.05) is 14.7 Å². The van der Waals surface area contributed by atoms with E-state index in [2.05, 4.69) is 185 Å². The van der Waals surface area contributed by atoms with Gasteiger partial charge in [-0.05, 0) is 89.8 Å². The van der Waals surface area contributed by atoms with Crippen molar-refractivity contribution in [3.63, 3.8) is 0 Å². The smallest absolute Gasteiger partial charge is 0.264 e. The quantitative estimate of drug-likeness (QED) is 0.169. The van der Waals surface area contributed by atoms with E-state index in [9.17, 15) is 0 Å². The van der Waals surface area contributed by atoms with E-state index in [0.29, 0.717) is 0 Å². The van der Waals surface area contributed by atoms with Crippen LogP contribution in [0.4, 0.5) is 51.2 Å². The molecule has 2 bridgehead atoms. The van der Waals surface area contributed by atoms with E-state index in [1.165, 1.54) is 75.4 Å². The van der Waals surface area contributed by atoms with Gasteiger partial charge in [-0.15, -0.1) is 11.3 Å². The fourth-order valence-electron chi connectivity index (χ4n) is 8.17. The SMILES string of the molecule is c1ccc(N2c3ccc4c(c3)N(c3ccccc3Sc3ccccc32)c2cccc3c2B4c2sc4ccccc4c2N3c2ccccc2)cc1. The molecule has 0 unspecified atom stereocenters. The minimum atomic E-state index is 0.0917. The van der Waals surface area contributed by atoms with Gasteiger partial charge in [0.25, 0.3) is 6.71 Å². The van der Waals surface area contributed by atoms with Crippen molar-refractivity contribution in [2.45, 2.75) is 9.79 Å². The van der Waals surface area contributed by atoms with Gasteiger partial charge >= 0.3 is 0 Å². The Bertz CT molecular complexity index is 2620. The molecule has 0 aliphatic carbocycles. The highest BCUT2D eigenvalue weighted by molar-refractivity contribution is 7.99. The molecule has 0 fully saturated rings. The Morgan fingerprint density at radius 3 is 1.74 bits per heavy atom. The second-order valence-electron chi connectivity index (χ2n) is 12.9. The minimum absolute atomic E-state index is 0.0917. The summed E-state index contributed by atoms with van der Waals surface area (Å²) < 4.78 is 2.71. The second-order valence-corrected chi connectivity index (χ2v) is 15.1. The van der Waals surface area contributed by atoms with E-state index >= 15 is 0 Å². The lowest BCUT2D eigenvalue weighted by Gasteiger charge is -2.44. The number of hydrogen-bond acceptors (Lipinski definition) is 5. The molecular weight excluding hydrogens is 645 g/mol. The summed E-state index contributed by atoms with van der Waals surface area (Å²) in [6.45, 7) is 0.0917. The first-order chi connectivity index (χ1) is 24.8. The molecule has 11 rings (SSSR count). The number of benzene rings is 7. The standard InChI is InChI=1S/C44H28BN3S2/c1-3-14-29(15-4-1)46-31-26-27-33-38(28-31)48(35-20-9-12-25-41(35)49-40-24-11-8-19-34(40)46)37-22-13-21-36-42(37)45(33)44-43(32-18-7-10-23-39(32)50-44)47(36)30-16-5-2-6-17-30/h1-28H. The molecule has 7 aromatic carbocycles. The molecule has 0 atom stereocenters. The molecule has 0 amide bonds. The summed E-state index contributed by atoms with van der Waals surface area (Å²) in [5, 5.41) is 1.30. The normalized spacial score (nSPS) is 13.8. The van der Waals surface area contributed by atoms with Crippen LogP contribution >= 0.6 is 23.1 Å². The molecule has 6 heteroatoms. The highest BCUT2D eigenvalue weighted by Gasteiger charge is 2.45. The predicted molar refractivity (Wildman–Crippen MR) is 215 cm³/mol. The van der Waals surface area contributed by atoms with Crippen molar-refractivity contribution >= 4 is 107 Å². The van der Waals surface area contributed by atoms with E-state index < -0.39 is 0 Å². The molecule has 0 radical (unpaired) electrons. The molecule has 8 aromatic rings. The Hall–Kier alpha value is -5.69. The van der Waals surface area contributed by atoms with Gasteiger partial charge in [0.15, 0.2) is 0 Å². The van der Waals surface area contributed by atoms with Crippen molar-refractivity contribution in [2.24, 2.45) is 0 Å². The van der Waals surface area contributed by atoms with Gasteiger partial charge in [-0.2, -0.15) is 0 Å². The zero-order valence-corrected chi connectivity index (χ0v) is 28.5. The highest BCUT2D eigenvalue weighted by Crippen LogP contribution is 2.52. The van der Waals surface area contributed by atoms with Crippen LogP contribution in [-0.4, -0.2) is 6.71 Å². The number of fused-ring (bicyclic) bond motifs is 10. The van der Waals surface area contributed by atoms with Gasteiger partial charge in [0.1, 0.15) is 0 Å². The zero-order chi connectivity index (χ0) is 32.8. The Morgan fingerprint density at radius 1 is 0.420 bits per heavy atom. The van der Waals surface area contributed by atoms with Crippen LogP contribution in [0.3, 0.4) is 0 Å². The highest BCUT2D eigenvalue weighted by atomic mass is 32.2. The average molecular weight is 674 g/mol. The van der Waals surface area contributed by atoms with Crippen molar-refractivity contribution in [1.29, 1.82) is 0 Å². The monoisotopic (exact) mass is 673 g/mol. The lowest BCUT2D eigenvalue weighted by Crippen LogP contribution is -2.60. The largest absolute Gasteiger partial charge is 0.310 e. The lowest BCUT2D eigenvalue weighted by molar-refractivity contribution is 1.19. The minimum Gasteiger partial charge on any atom is -0.310 e. The van der Waals surface area contributed by atoms with Crippen LogP contribution in [0.25, 0.3) is 10.1 Å². The Labute approximate surface area is 299 Å². The Balaban J connectivity index is 1.26. The maximum Gasteiger partial charge on any atom is 0.264 e. The number of hydrogen-bond donors (Lipinski definition) is 0. The maximum absolute atomic E-state index is 2.54. The number of thiophene rings is 1. The van der Waals surface area contributed by atoms with Crippen LogP contribution in [0, 0.1) is 0 Å². The Morgan fingerprint density at radius 2 is 1.00 bits per heavy atom. The zero-order valence-electron chi connectivity index (χ0n) is 26.9. The summed E-state index contributed by atoms with van der Waals surface area (Å²) in [6.07, 6.45) is 0. The molecular formula is C44H28BN3S2. The summed E-state index contributed by atoms with van der Waals surface area (Å²) in [7, 11) is 0. The fourth-order valence-corrected chi connectivity index (χ4v) is 10.6. The first-order valence-electron chi connectivity index (χ1n) is 17.0. The van der Waals surface area contributed by atoms with Crippen LogP contribution in [-0.2, 0) is 0 Å². The van der Waals surface area contributed by atoms with E-state index in [1.807, 2.05) is 23.1 Å². The summed E-state index contributed by atoms with van der Waals surface area (Å²) in [5.41, 5.74) is 13.5. The molecule has 234 valence electrons. The summed E-state index contributed by atoms with van der Waals surface area (Å²) in [6, 6.07) is 62.4. The van der Waals surface area contributed by atoms with E-state index in [4.69, 9.17) is 0 Å². The molecule has 1 aromatic heterocycles. The van der Waals surface area contributed by atoms with E-state index in [0.717, 1.165) is 11.4 Å². The molecule has 50 heavy (non-hydrogen) atoms. The lowest BCUT2D eigenvalue weighted by atomic mass is 9.36. The molecule has 0 saturated carbocycles. The third-order valence-electron chi connectivity index (χ3n) is 10.2. The van der Waals surface area contributed by atoms with Crippen LogP contribution in [0.15, 0.2) is 180 Å². The molecule has 0 spiro atoms. The van der Waals surface area contributed by atoms with Gasteiger partial charge in [-0.3, -0.25) is 0 Å². The van der Waals surface area contributed by atoms with Crippen molar-refractivity contribution < 1.29 is 0 Å². The number of anilines is 9. The first-order valence-corrected chi connectivity index (χ1v) is 18.6. The maximum atomic E-state index is 2.54. The number of para-hydroxylation sites is 4. The van der Waals surface area contributed by atoms with Crippen molar-refractivity contribution in [1.82, 2.24) is 0 Å². The van der Waals surface area contributed by atoms with Crippen LogP contribution in [0.2, 0.25) is 0 Å². The average Bonchev–Trinajstić information content (AvgIpc) is 3.56. The molecule has 0 N–H and O–H groups in total. The second kappa shape index (κ2) is 10.9. The molecule has 0 saturated heterocycles. The summed E-state index contributed by atoms with van der Waals surface area (Å²) in [5.74, 6) is 0. The molecule has 4 heterocycles. The van der Waals surface area contributed by atoms with Gasteiger partial charge in [0.2, 0.25) is 0 Å². The van der Waals surface area contributed by atoms with Gasteiger partial charge in [-0.1, -0.05) is 103 Å². The third kappa shape index (κ3) is 4.00. The summed E-state index contributed by atoms with van der Waals surface area (Å²) >= 11 is 3.78. The predicted octanol–water partition coefficient (Wildman–Crippen LogP) is 10.9. The van der Waals surface area contributed by atoms with Crippen LogP contribution in [0.5, 0.6) is 0 Å². The van der Waals surface area contributed by atoms with E-state index in [1.54, 1.807) is 0 Å².